The van der Waals surface area contributed by atoms with Gasteiger partial charge in [0, 0.05) is 64.3 Å². The van der Waals surface area contributed by atoms with Crippen LogP contribution in [0.15, 0.2) is 47.6 Å². The Morgan fingerprint density at radius 1 is 1.16 bits per heavy atom. The van der Waals surface area contributed by atoms with E-state index in [9.17, 15) is 18.5 Å². The summed E-state index contributed by atoms with van der Waals surface area (Å²) in [4.78, 5) is 19.8. The van der Waals surface area contributed by atoms with Crippen LogP contribution >= 0.6 is 0 Å². The molecule has 0 N–H and O–H groups in total. The zero-order valence-electron chi connectivity index (χ0n) is 18.3. The van der Waals surface area contributed by atoms with Crippen LogP contribution in [0.3, 0.4) is 0 Å². The fourth-order valence-corrected chi connectivity index (χ4v) is 6.11. The molecule has 172 valence electrons. The van der Waals surface area contributed by atoms with Crippen LogP contribution in [0.1, 0.15) is 25.3 Å². The van der Waals surface area contributed by atoms with E-state index in [1.807, 2.05) is 30.2 Å². The van der Waals surface area contributed by atoms with E-state index < -0.39 is 14.9 Å². The normalized spacial score (nSPS) is 20.9. The molecule has 1 unspecified atom stereocenters. The molecule has 2 saturated heterocycles. The number of nitro groups is 1. The fourth-order valence-electron chi connectivity index (χ4n) is 4.49. The lowest BCUT2D eigenvalue weighted by Gasteiger charge is -2.36. The number of piperazine rings is 1. The predicted octanol–water partition coefficient (Wildman–Crippen LogP) is 2.73. The molecule has 0 bridgehead atoms. The fraction of sp³-hybridized carbons (Fsp3) is 0.500. The Morgan fingerprint density at radius 2 is 1.94 bits per heavy atom. The molecule has 0 amide bonds. The highest BCUT2D eigenvalue weighted by Gasteiger charge is 2.32. The molecule has 2 aliphatic heterocycles. The molecule has 9 nitrogen and oxygen atoms in total. The monoisotopic (exact) mass is 459 g/mol. The van der Waals surface area contributed by atoms with Gasteiger partial charge in [-0.3, -0.25) is 20.0 Å². The molecule has 1 aromatic carbocycles. The molecule has 0 aliphatic carbocycles. The van der Waals surface area contributed by atoms with Crippen LogP contribution in [0, 0.1) is 16.0 Å². The number of nitro benzene ring substituents is 1. The van der Waals surface area contributed by atoms with Crippen LogP contribution in [-0.4, -0.2) is 66.8 Å². The highest BCUT2D eigenvalue weighted by Crippen LogP contribution is 2.33. The first-order chi connectivity index (χ1) is 15.3. The van der Waals surface area contributed by atoms with Crippen LogP contribution < -0.4 is 4.90 Å². The van der Waals surface area contributed by atoms with E-state index in [2.05, 4.69) is 9.88 Å². The van der Waals surface area contributed by atoms with Gasteiger partial charge < -0.3 is 4.90 Å². The van der Waals surface area contributed by atoms with Crippen molar-refractivity contribution in [1.82, 2.24) is 14.2 Å². The first-order valence-corrected chi connectivity index (χ1v) is 12.4. The topological polar surface area (TPSA) is 99.9 Å². The van der Waals surface area contributed by atoms with Gasteiger partial charge in [-0.1, -0.05) is 13.0 Å². The molecular weight excluding hydrogens is 430 g/mol. The van der Waals surface area contributed by atoms with Crippen molar-refractivity contribution in [3.05, 3.63) is 58.4 Å². The lowest BCUT2D eigenvalue weighted by molar-refractivity contribution is -0.384. The van der Waals surface area contributed by atoms with Crippen molar-refractivity contribution in [2.24, 2.45) is 5.92 Å². The highest BCUT2D eigenvalue weighted by atomic mass is 32.2. The van der Waals surface area contributed by atoms with Crippen LogP contribution in [0.5, 0.6) is 0 Å². The van der Waals surface area contributed by atoms with Gasteiger partial charge in [0.25, 0.3) is 5.69 Å². The van der Waals surface area contributed by atoms with Gasteiger partial charge in [-0.2, -0.15) is 4.31 Å². The number of piperidine rings is 1. The van der Waals surface area contributed by atoms with Gasteiger partial charge in [-0.25, -0.2) is 8.42 Å². The van der Waals surface area contributed by atoms with Crippen molar-refractivity contribution in [2.75, 3.05) is 44.2 Å². The first-order valence-electron chi connectivity index (χ1n) is 11.0. The van der Waals surface area contributed by atoms with Crippen molar-refractivity contribution >= 4 is 21.4 Å². The number of hydrogen-bond acceptors (Lipinski definition) is 7. The molecule has 2 fully saturated rings. The number of nitrogens with zero attached hydrogens (tertiary/aromatic N) is 5. The van der Waals surface area contributed by atoms with Crippen molar-refractivity contribution in [2.45, 2.75) is 31.2 Å². The summed E-state index contributed by atoms with van der Waals surface area (Å²) in [7, 11) is -3.75. The summed E-state index contributed by atoms with van der Waals surface area (Å²) in [5.74, 6) is 0.288. The third-order valence-corrected chi connectivity index (χ3v) is 8.10. The van der Waals surface area contributed by atoms with Gasteiger partial charge in [-0.15, -0.1) is 0 Å². The standard InChI is InChI=1S/C22H29N5O4S/c1-18-4-3-9-26(16-18)32(30,31)20-6-7-21(22(14-20)27(28)29)25-12-10-24(11-13-25)17-19-5-2-8-23-15-19/h2,5-8,14-15,18H,3-4,9-13,16-17H2,1H3. The maximum atomic E-state index is 13.1. The summed E-state index contributed by atoms with van der Waals surface area (Å²) in [5, 5.41) is 11.8. The average Bonchev–Trinajstić information content (AvgIpc) is 2.80. The summed E-state index contributed by atoms with van der Waals surface area (Å²) >= 11 is 0. The minimum Gasteiger partial charge on any atom is -0.363 e. The van der Waals surface area contributed by atoms with Crippen molar-refractivity contribution in [3.63, 3.8) is 0 Å². The largest absolute Gasteiger partial charge is 0.363 e. The number of pyridine rings is 1. The van der Waals surface area contributed by atoms with Gasteiger partial charge in [0.15, 0.2) is 0 Å². The van der Waals surface area contributed by atoms with E-state index in [0.29, 0.717) is 31.9 Å². The minimum atomic E-state index is -3.75. The van der Waals surface area contributed by atoms with Crippen LogP contribution in [0.2, 0.25) is 0 Å². The van der Waals surface area contributed by atoms with Crippen LogP contribution in [0.25, 0.3) is 0 Å². The number of sulfonamides is 1. The Bertz CT molecular complexity index is 1060. The Labute approximate surface area is 188 Å². The van der Waals surface area contributed by atoms with Gasteiger partial charge in [0.1, 0.15) is 5.69 Å². The summed E-state index contributed by atoms with van der Waals surface area (Å²) < 4.78 is 27.6. The predicted molar refractivity (Wildman–Crippen MR) is 122 cm³/mol. The zero-order valence-corrected chi connectivity index (χ0v) is 19.1. The molecule has 2 aromatic rings. The van der Waals surface area contributed by atoms with Crippen LogP contribution in [0.4, 0.5) is 11.4 Å². The van der Waals surface area contributed by atoms with E-state index in [4.69, 9.17) is 0 Å². The van der Waals surface area contributed by atoms with E-state index >= 15 is 0 Å². The van der Waals surface area contributed by atoms with Gasteiger partial charge in [-0.05, 0) is 42.5 Å². The molecule has 2 aliphatic rings. The maximum absolute atomic E-state index is 13.1. The lowest BCUT2D eigenvalue weighted by atomic mass is 10.0. The van der Waals surface area contributed by atoms with Crippen molar-refractivity contribution in [1.29, 1.82) is 0 Å². The number of anilines is 1. The summed E-state index contributed by atoms with van der Waals surface area (Å²) in [6.07, 6.45) is 5.40. The maximum Gasteiger partial charge on any atom is 0.293 e. The molecule has 32 heavy (non-hydrogen) atoms. The molecule has 1 aromatic heterocycles. The van der Waals surface area contributed by atoms with Gasteiger partial charge in [0.2, 0.25) is 10.0 Å². The Morgan fingerprint density at radius 3 is 2.59 bits per heavy atom. The third-order valence-electron chi connectivity index (χ3n) is 6.24. The number of aromatic nitrogens is 1. The molecule has 1 atom stereocenters. The van der Waals surface area contributed by atoms with Gasteiger partial charge in [0.05, 0.1) is 9.82 Å². The Hall–Kier alpha value is -2.56. The molecular formula is C22H29N5O4S. The van der Waals surface area contributed by atoms with Crippen LogP contribution in [-0.2, 0) is 16.6 Å². The number of hydrogen-bond donors (Lipinski definition) is 0. The Kier molecular flexibility index (Phi) is 6.73. The minimum absolute atomic E-state index is 0.00253. The summed E-state index contributed by atoms with van der Waals surface area (Å²) in [5.41, 5.74) is 1.45. The zero-order chi connectivity index (χ0) is 22.7. The molecule has 0 saturated carbocycles. The molecule has 10 heteroatoms. The second-order valence-electron chi connectivity index (χ2n) is 8.64. The average molecular weight is 460 g/mol. The van der Waals surface area contributed by atoms with E-state index in [0.717, 1.165) is 38.0 Å². The van der Waals surface area contributed by atoms with E-state index in [1.165, 1.54) is 16.4 Å². The second kappa shape index (κ2) is 9.51. The molecule has 0 radical (unpaired) electrons. The molecule has 4 rings (SSSR count). The molecule has 3 heterocycles. The SMILES string of the molecule is CC1CCCN(S(=O)(=O)c2ccc(N3CCN(Cc4cccnc4)CC3)c([N+](=O)[O-])c2)C1. The van der Waals surface area contributed by atoms with E-state index in [-0.39, 0.29) is 16.5 Å². The summed E-state index contributed by atoms with van der Waals surface area (Å²) in [6.45, 7) is 6.53. The van der Waals surface area contributed by atoms with Crippen molar-refractivity contribution < 1.29 is 13.3 Å². The number of benzene rings is 1. The second-order valence-corrected chi connectivity index (χ2v) is 10.6. The smallest absolute Gasteiger partial charge is 0.293 e. The van der Waals surface area contributed by atoms with Gasteiger partial charge >= 0.3 is 0 Å². The van der Waals surface area contributed by atoms with Crippen molar-refractivity contribution in [3.8, 4) is 0 Å². The quantitative estimate of drug-likeness (QED) is 0.484. The lowest BCUT2D eigenvalue weighted by Crippen LogP contribution is -2.46. The first kappa shape index (κ1) is 22.6. The Balaban J connectivity index is 1.50. The highest BCUT2D eigenvalue weighted by molar-refractivity contribution is 7.89. The molecule has 0 spiro atoms. The third kappa shape index (κ3) is 4.92. The summed E-state index contributed by atoms with van der Waals surface area (Å²) in [6, 6.07) is 8.28. The van der Waals surface area contributed by atoms with E-state index in [1.54, 1.807) is 12.3 Å². The number of rotatable bonds is 6.